The van der Waals surface area contributed by atoms with Gasteiger partial charge in [-0.2, -0.15) is 0 Å². The summed E-state index contributed by atoms with van der Waals surface area (Å²) in [6.45, 7) is 2.15. The summed E-state index contributed by atoms with van der Waals surface area (Å²) in [5, 5.41) is 0. The summed E-state index contributed by atoms with van der Waals surface area (Å²) in [5.41, 5.74) is 0. The molecule has 1 heterocycles. The molecule has 0 atom stereocenters. The molecule has 0 aliphatic rings. The Balaban J connectivity index is 1.97. The van der Waals surface area contributed by atoms with Crippen LogP contribution in [0.2, 0.25) is 0 Å². The van der Waals surface area contributed by atoms with Crippen LogP contribution in [0.4, 0.5) is 0 Å². The van der Waals surface area contributed by atoms with Gasteiger partial charge < -0.3 is 0 Å². The molecule has 3 nitrogen and oxygen atoms in total. The van der Waals surface area contributed by atoms with E-state index in [1.54, 1.807) is 18.7 Å². The largest absolute Gasteiger partial charge is 0.276 e. The van der Waals surface area contributed by atoms with Crippen molar-refractivity contribution in [3.05, 3.63) is 91.6 Å². The van der Waals surface area contributed by atoms with E-state index in [0.29, 0.717) is 6.42 Å². The Hall–Kier alpha value is -2.68. The number of aromatic nitrogens is 2. The van der Waals surface area contributed by atoms with Gasteiger partial charge in [-0.1, -0.05) is 79.8 Å². The average Bonchev–Trinajstić information content (AvgIpc) is 3.24. The van der Waals surface area contributed by atoms with Gasteiger partial charge in [-0.3, -0.25) is 9.36 Å². The van der Waals surface area contributed by atoms with Gasteiger partial charge in [0.1, 0.15) is 6.33 Å². The highest BCUT2D eigenvalue weighted by Crippen LogP contribution is 1.99. The fourth-order valence-corrected chi connectivity index (χ4v) is 2.38. The van der Waals surface area contributed by atoms with Gasteiger partial charge in [0.2, 0.25) is 5.91 Å². The number of nitrogens with zero attached hydrogens (tertiary/aromatic N) is 2. The van der Waals surface area contributed by atoms with Crippen LogP contribution in [0, 0.1) is 0 Å². The molecule has 1 aromatic rings. The first-order chi connectivity index (χ1) is 13.8. The smallest absolute Gasteiger partial charge is 0.232 e. The molecule has 0 bridgehead atoms. The molecule has 0 amide bonds. The number of allylic oxidation sites excluding steroid dienone is 12. The second-order valence-corrected chi connectivity index (χ2v) is 6.32. The third-order valence-electron chi connectivity index (χ3n) is 3.91. The molecule has 0 aromatic carbocycles. The van der Waals surface area contributed by atoms with Gasteiger partial charge in [-0.25, -0.2) is 4.98 Å². The number of rotatable bonds is 14. The lowest BCUT2D eigenvalue weighted by atomic mass is 10.2. The maximum Gasteiger partial charge on any atom is 0.232 e. The fourth-order valence-electron chi connectivity index (χ4n) is 2.38. The van der Waals surface area contributed by atoms with E-state index >= 15 is 0 Å². The molecule has 0 aliphatic heterocycles. The quantitative estimate of drug-likeness (QED) is 0.327. The van der Waals surface area contributed by atoms with Crippen molar-refractivity contribution < 1.29 is 4.79 Å². The van der Waals surface area contributed by atoms with Crippen LogP contribution in [0.3, 0.4) is 0 Å². The Kier molecular flexibility index (Phi) is 14.8. The van der Waals surface area contributed by atoms with Gasteiger partial charge in [0.15, 0.2) is 0 Å². The van der Waals surface area contributed by atoms with E-state index in [4.69, 9.17) is 0 Å². The van der Waals surface area contributed by atoms with Crippen molar-refractivity contribution in [3.63, 3.8) is 0 Å². The summed E-state index contributed by atoms with van der Waals surface area (Å²) in [7, 11) is 0. The van der Waals surface area contributed by atoms with E-state index in [9.17, 15) is 4.79 Å². The molecule has 0 saturated heterocycles. The highest BCUT2D eigenvalue weighted by atomic mass is 16.2. The topological polar surface area (TPSA) is 34.9 Å². The van der Waals surface area contributed by atoms with E-state index in [1.807, 2.05) is 0 Å². The standard InChI is InChI=1S/C25H34N2O/c1-2-3-4-5-6-7-8-9-10-11-12-13-14-15-16-17-18-19-20-21-25(28)27-23-22-26-24-27/h3-4,6-7,9-10,12-13,15-16,18-19,22-24H,2,5,8,11,14,17,20-21H2,1H3. The molecule has 0 radical (unpaired) electrons. The van der Waals surface area contributed by atoms with Crippen LogP contribution in [-0.4, -0.2) is 15.5 Å². The molecule has 0 spiro atoms. The van der Waals surface area contributed by atoms with Crippen molar-refractivity contribution in [1.29, 1.82) is 0 Å². The van der Waals surface area contributed by atoms with Crippen molar-refractivity contribution in [2.45, 2.75) is 58.3 Å². The van der Waals surface area contributed by atoms with Crippen LogP contribution < -0.4 is 0 Å². The van der Waals surface area contributed by atoms with E-state index in [0.717, 1.165) is 44.9 Å². The summed E-state index contributed by atoms with van der Waals surface area (Å²) in [5.74, 6) is 0.0806. The molecular weight excluding hydrogens is 344 g/mol. The van der Waals surface area contributed by atoms with Crippen LogP contribution in [0.25, 0.3) is 0 Å². The maximum atomic E-state index is 11.7. The normalized spacial score (nSPS) is 12.9. The van der Waals surface area contributed by atoms with Gasteiger partial charge in [0.05, 0.1) is 0 Å². The van der Waals surface area contributed by atoms with Crippen molar-refractivity contribution in [3.8, 4) is 0 Å². The van der Waals surface area contributed by atoms with Crippen LogP contribution in [0.1, 0.15) is 63.1 Å². The van der Waals surface area contributed by atoms with E-state index in [-0.39, 0.29) is 5.91 Å². The number of hydrogen-bond acceptors (Lipinski definition) is 2. The Labute approximate surface area is 170 Å². The van der Waals surface area contributed by atoms with Crippen molar-refractivity contribution >= 4 is 5.91 Å². The minimum Gasteiger partial charge on any atom is -0.276 e. The molecule has 1 aromatic heterocycles. The number of hydrogen-bond donors (Lipinski definition) is 0. The molecular formula is C25H34N2O. The molecule has 0 aliphatic carbocycles. The Morgan fingerprint density at radius 3 is 1.64 bits per heavy atom. The number of imidazole rings is 1. The third kappa shape index (κ3) is 13.5. The predicted molar refractivity (Wildman–Crippen MR) is 120 cm³/mol. The Morgan fingerprint density at radius 2 is 1.21 bits per heavy atom. The monoisotopic (exact) mass is 378 g/mol. The SMILES string of the molecule is CCC=CCC=CCC=CCC=CCC=CCC=CCCC(=O)n1ccnc1. The Bertz CT molecular complexity index is 673. The molecule has 0 unspecified atom stereocenters. The summed E-state index contributed by atoms with van der Waals surface area (Å²) < 4.78 is 1.53. The van der Waals surface area contributed by atoms with Crippen molar-refractivity contribution in [2.75, 3.05) is 0 Å². The van der Waals surface area contributed by atoms with E-state index in [2.05, 4.69) is 84.8 Å². The molecule has 150 valence electrons. The molecule has 0 saturated carbocycles. The van der Waals surface area contributed by atoms with Gasteiger partial charge in [-0.05, 0) is 44.9 Å². The average molecular weight is 379 g/mol. The molecule has 0 N–H and O–H groups in total. The minimum atomic E-state index is 0.0806. The van der Waals surface area contributed by atoms with Crippen LogP contribution >= 0.6 is 0 Å². The maximum absolute atomic E-state index is 11.7. The highest BCUT2D eigenvalue weighted by molar-refractivity contribution is 5.78. The first kappa shape index (κ1) is 23.4. The lowest BCUT2D eigenvalue weighted by Gasteiger charge is -1.97. The zero-order chi connectivity index (χ0) is 20.1. The lowest BCUT2D eigenvalue weighted by molar-refractivity contribution is 0.0903. The van der Waals surface area contributed by atoms with Crippen LogP contribution in [0.15, 0.2) is 91.6 Å². The van der Waals surface area contributed by atoms with E-state index < -0.39 is 0 Å². The summed E-state index contributed by atoms with van der Waals surface area (Å²) >= 11 is 0. The second-order valence-electron chi connectivity index (χ2n) is 6.32. The van der Waals surface area contributed by atoms with Crippen LogP contribution in [-0.2, 0) is 0 Å². The number of carbonyl (C=O) groups excluding carboxylic acids is 1. The second kappa shape index (κ2) is 17.7. The van der Waals surface area contributed by atoms with Crippen LogP contribution in [0.5, 0.6) is 0 Å². The fraction of sp³-hybridized carbons (Fsp3) is 0.360. The molecule has 1 rings (SSSR count). The summed E-state index contributed by atoms with van der Waals surface area (Å²) in [4.78, 5) is 15.6. The lowest BCUT2D eigenvalue weighted by Crippen LogP contribution is -2.06. The summed E-state index contributed by atoms with van der Waals surface area (Å²) in [6, 6.07) is 0. The van der Waals surface area contributed by atoms with Crippen molar-refractivity contribution in [1.82, 2.24) is 9.55 Å². The number of carbonyl (C=O) groups is 1. The van der Waals surface area contributed by atoms with Gasteiger partial charge in [0, 0.05) is 18.8 Å². The first-order valence-electron chi connectivity index (χ1n) is 10.3. The predicted octanol–water partition coefficient (Wildman–Crippen LogP) is 7.00. The van der Waals surface area contributed by atoms with E-state index in [1.165, 1.54) is 4.57 Å². The molecule has 28 heavy (non-hydrogen) atoms. The first-order valence-corrected chi connectivity index (χ1v) is 10.3. The molecule has 3 heteroatoms. The van der Waals surface area contributed by atoms with Gasteiger partial charge in [-0.15, -0.1) is 0 Å². The third-order valence-corrected chi connectivity index (χ3v) is 3.91. The Morgan fingerprint density at radius 1 is 0.750 bits per heavy atom. The van der Waals surface area contributed by atoms with Gasteiger partial charge >= 0.3 is 0 Å². The van der Waals surface area contributed by atoms with Crippen molar-refractivity contribution in [2.24, 2.45) is 0 Å². The summed E-state index contributed by atoms with van der Waals surface area (Å²) in [6.07, 6.45) is 38.3. The zero-order valence-corrected chi connectivity index (χ0v) is 17.1. The molecule has 0 fully saturated rings. The van der Waals surface area contributed by atoms with Gasteiger partial charge in [0.25, 0.3) is 0 Å². The minimum absolute atomic E-state index is 0.0806. The highest BCUT2D eigenvalue weighted by Gasteiger charge is 2.00. The zero-order valence-electron chi connectivity index (χ0n) is 17.1.